The maximum Gasteiger partial charge on any atom is 0.326 e. The molecule has 0 spiro atoms. The number of ether oxygens (including phenoxy) is 1. The van der Waals surface area contributed by atoms with Crippen molar-refractivity contribution >= 4 is 16.9 Å². The zero-order chi connectivity index (χ0) is 18.8. The highest BCUT2D eigenvalue weighted by molar-refractivity contribution is 5.78. The van der Waals surface area contributed by atoms with Crippen molar-refractivity contribution in [2.24, 2.45) is 0 Å². The summed E-state index contributed by atoms with van der Waals surface area (Å²) < 4.78 is 7.57. The summed E-state index contributed by atoms with van der Waals surface area (Å²) in [6.07, 6.45) is 1.32. The number of hydrogen-bond donors (Lipinski definition) is 1. The van der Waals surface area contributed by atoms with E-state index in [2.05, 4.69) is 18.0 Å². The monoisotopic (exact) mass is 365 g/mol. The molecular weight excluding hydrogens is 342 g/mol. The van der Waals surface area contributed by atoms with Crippen LogP contribution in [0.25, 0.3) is 11.0 Å². The van der Waals surface area contributed by atoms with Gasteiger partial charge in [0.05, 0.1) is 24.1 Å². The Kier molecular flexibility index (Phi) is 4.71. The molecule has 0 aliphatic carbocycles. The zero-order valence-electron chi connectivity index (χ0n) is 15.4. The number of H-pyrrole nitrogens is 1. The summed E-state index contributed by atoms with van der Waals surface area (Å²) >= 11 is 0. The summed E-state index contributed by atoms with van der Waals surface area (Å²) in [6.45, 7) is 3.68. The van der Waals surface area contributed by atoms with Gasteiger partial charge in [0.2, 0.25) is 5.91 Å². The van der Waals surface area contributed by atoms with Crippen LogP contribution in [0.3, 0.4) is 0 Å². The van der Waals surface area contributed by atoms with Gasteiger partial charge in [0.25, 0.3) is 0 Å². The third-order valence-corrected chi connectivity index (χ3v) is 5.04. The molecule has 0 bridgehead atoms. The fourth-order valence-corrected chi connectivity index (χ4v) is 3.44. The molecule has 2 heterocycles. The number of aryl methyl sites for hydroxylation is 2. The molecule has 1 saturated heterocycles. The molecule has 6 nitrogen and oxygen atoms in total. The van der Waals surface area contributed by atoms with Crippen LogP contribution in [0, 0.1) is 0 Å². The van der Waals surface area contributed by atoms with E-state index in [9.17, 15) is 9.59 Å². The minimum atomic E-state index is -0.176. The average Bonchev–Trinajstić information content (AvgIpc) is 2.97. The topological polar surface area (TPSA) is 67.3 Å². The summed E-state index contributed by atoms with van der Waals surface area (Å²) in [6, 6.07) is 15.6. The number of nitrogens with one attached hydrogen (secondary N) is 1. The number of aromatic nitrogens is 2. The number of para-hydroxylation sites is 2. The quantitative estimate of drug-likeness (QED) is 0.730. The summed E-state index contributed by atoms with van der Waals surface area (Å²) in [4.78, 5) is 29.1. The van der Waals surface area contributed by atoms with E-state index in [1.165, 1.54) is 5.56 Å². The highest BCUT2D eigenvalue weighted by Gasteiger charge is 2.32. The number of likely N-dealkylation sites (tertiary alicyclic amines) is 1. The van der Waals surface area contributed by atoms with E-state index in [-0.39, 0.29) is 17.7 Å². The van der Waals surface area contributed by atoms with Crippen LogP contribution in [0.5, 0.6) is 5.75 Å². The first-order valence-electron chi connectivity index (χ1n) is 9.35. The maximum absolute atomic E-state index is 12.4. The lowest BCUT2D eigenvalue weighted by Gasteiger charge is -2.39. The van der Waals surface area contributed by atoms with E-state index in [1.807, 2.05) is 42.5 Å². The molecule has 1 N–H and O–H groups in total. The molecule has 0 saturated carbocycles. The zero-order valence-corrected chi connectivity index (χ0v) is 15.4. The fraction of sp³-hybridized carbons (Fsp3) is 0.333. The molecule has 6 heteroatoms. The van der Waals surface area contributed by atoms with Crippen LogP contribution in [-0.4, -0.2) is 39.6 Å². The number of hydrogen-bond acceptors (Lipinski definition) is 3. The van der Waals surface area contributed by atoms with Gasteiger partial charge in [-0.25, -0.2) is 4.79 Å². The summed E-state index contributed by atoms with van der Waals surface area (Å²) in [5.74, 6) is 0.908. The highest BCUT2D eigenvalue weighted by atomic mass is 16.5. The number of fused-ring (bicyclic) bond motifs is 1. The normalized spacial score (nSPS) is 14.3. The Balaban J connectivity index is 1.30. The lowest BCUT2D eigenvalue weighted by Crippen LogP contribution is -2.56. The summed E-state index contributed by atoms with van der Waals surface area (Å²) in [5.41, 5.74) is 2.69. The van der Waals surface area contributed by atoms with Gasteiger partial charge in [-0.2, -0.15) is 0 Å². The Hall–Kier alpha value is -3.02. The molecule has 1 aliphatic rings. The first-order valence-corrected chi connectivity index (χ1v) is 9.35. The number of nitrogens with zero attached hydrogens (tertiary/aromatic N) is 2. The molecule has 0 unspecified atom stereocenters. The number of imidazole rings is 1. The van der Waals surface area contributed by atoms with Gasteiger partial charge in [0.1, 0.15) is 11.9 Å². The molecule has 1 amide bonds. The molecule has 0 radical (unpaired) electrons. The van der Waals surface area contributed by atoms with Crippen LogP contribution in [0.2, 0.25) is 0 Å². The largest absolute Gasteiger partial charge is 0.487 e. The maximum atomic E-state index is 12.4. The second-order valence-corrected chi connectivity index (χ2v) is 6.89. The Morgan fingerprint density at radius 2 is 2.00 bits per heavy atom. The van der Waals surface area contributed by atoms with Gasteiger partial charge in [-0.3, -0.25) is 9.36 Å². The van der Waals surface area contributed by atoms with Crippen molar-refractivity contribution < 1.29 is 9.53 Å². The van der Waals surface area contributed by atoms with Crippen molar-refractivity contribution in [3.8, 4) is 5.75 Å². The minimum Gasteiger partial charge on any atom is -0.487 e. The molecule has 1 fully saturated rings. The number of carbonyl (C=O) groups is 1. The highest BCUT2D eigenvalue weighted by Crippen LogP contribution is 2.20. The van der Waals surface area contributed by atoms with Crippen LogP contribution < -0.4 is 10.4 Å². The van der Waals surface area contributed by atoms with E-state index in [0.29, 0.717) is 26.1 Å². The van der Waals surface area contributed by atoms with Gasteiger partial charge in [-0.15, -0.1) is 0 Å². The van der Waals surface area contributed by atoms with E-state index >= 15 is 0 Å². The van der Waals surface area contributed by atoms with Crippen LogP contribution >= 0.6 is 0 Å². The number of amides is 1. The van der Waals surface area contributed by atoms with Gasteiger partial charge in [0, 0.05) is 13.0 Å². The van der Waals surface area contributed by atoms with Crippen molar-refractivity contribution in [2.45, 2.75) is 32.4 Å². The van der Waals surface area contributed by atoms with Crippen molar-refractivity contribution in [3.63, 3.8) is 0 Å². The molecule has 27 heavy (non-hydrogen) atoms. The molecule has 4 rings (SSSR count). The summed E-state index contributed by atoms with van der Waals surface area (Å²) in [5, 5.41) is 0. The Morgan fingerprint density at radius 3 is 2.81 bits per heavy atom. The number of rotatable bonds is 6. The Morgan fingerprint density at radius 1 is 1.19 bits per heavy atom. The molecule has 3 aromatic rings. The van der Waals surface area contributed by atoms with Crippen LogP contribution in [0.15, 0.2) is 53.3 Å². The van der Waals surface area contributed by atoms with E-state index < -0.39 is 0 Å². The van der Waals surface area contributed by atoms with E-state index in [4.69, 9.17) is 4.74 Å². The van der Waals surface area contributed by atoms with Gasteiger partial charge in [-0.1, -0.05) is 31.2 Å². The van der Waals surface area contributed by atoms with Crippen molar-refractivity contribution in [3.05, 3.63) is 64.6 Å². The predicted molar refractivity (Wildman–Crippen MR) is 104 cm³/mol. The van der Waals surface area contributed by atoms with Gasteiger partial charge < -0.3 is 14.6 Å². The van der Waals surface area contributed by atoms with Crippen molar-refractivity contribution in [2.75, 3.05) is 13.1 Å². The van der Waals surface area contributed by atoms with E-state index in [0.717, 1.165) is 23.2 Å². The van der Waals surface area contributed by atoms with Crippen LogP contribution in [0.1, 0.15) is 18.9 Å². The smallest absolute Gasteiger partial charge is 0.326 e. The first kappa shape index (κ1) is 17.4. The van der Waals surface area contributed by atoms with Crippen LogP contribution in [0.4, 0.5) is 0 Å². The Bertz CT molecular complexity index is 1010. The number of benzene rings is 2. The second-order valence-electron chi connectivity index (χ2n) is 6.89. The number of carbonyl (C=O) groups excluding carboxylic acids is 1. The SMILES string of the molecule is CCc1cccc(OC2CN(C(=O)CCn3c(=O)[nH]c4ccccc43)C2)c1. The van der Waals surface area contributed by atoms with Crippen molar-refractivity contribution in [1.82, 2.24) is 14.5 Å². The minimum absolute atomic E-state index is 0.0388. The molecular formula is C21H23N3O3. The lowest BCUT2D eigenvalue weighted by atomic mass is 10.1. The van der Waals surface area contributed by atoms with E-state index in [1.54, 1.807) is 9.47 Å². The molecule has 2 aromatic carbocycles. The van der Waals surface area contributed by atoms with Gasteiger partial charge >= 0.3 is 5.69 Å². The first-order chi connectivity index (χ1) is 13.1. The third kappa shape index (κ3) is 3.60. The Labute approximate surface area is 157 Å². The fourth-order valence-electron chi connectivity index (χ4n) is 3.44. The predicted octanol–water partition coefficient (Wildman–Crippen LogP) is 2.57. The summed E-state index contributed by atoms with van der Waals surface area (Å²) in [7, 11) is 0. The van der Waals surface area contributed by atoms with Gasteiger partial charge in [-0.05, 0) is 36.2 Å². The second kappa shape index (κ2) is 7.31. The third-order valence-electron chi connectivity index (χ3n) is 5.04. The molecule has 140 valence electrons. The van der Waals surface area contributed by atoms with Crippen molar-refractivity contribution in [1.29, 1.82) is 0 Å². The lowest BCUT2D eigenvalue weighted by molar-refractivity contribution is -0.140. The molecule has 1 aliphatic heterocycles. The molecule has 0 atom stereocenters. The van der Waals surface area contributed by atoms with Gasteiger partial charge in [0.15, 0.2) is 0 Å². The average molecular weight is 365 g/mol. The van der Waals surface area contributed by atoms with Crippen LogP contribution in [-0.2, 0) is 17.8 Å². The molecule has 1 aromatic heterocycles. The standard InChI is InChI=1S/C21H23N3O3/c1-2-15-6-5-7-16(12-15)27-17-13-23(14-17)20(25)10-11-24-19-9-4-3-8-18(19)22-21(24)26/h3-9,12,17H,2,10-11,13-14H2,1H3,(H,22,26). The number of aromatic amines is 1.